The van der Waals surface area contributed by atoms with Gasteiger partial charge in [0.25, 0.3) is 0 Å². The van der Waals surface area contributed by atoms with Gasteiger partial charge in [-0.3, -0.25) is 0 Å². The van der Waals surface area contributed by atoms with Gasteiger partial charge in [0.2, 0.25) is 0 Å². The number of nitrogens with two attached hydrogens (primary N) is 1. The maximum Gasteiger partial charge on any atom is 0.130 e. The topological polar surface area (TPSA) is 82.1 Å². The fourth-order valence-corrected chi connectivity index (χ4v) is 5.23. The average molecular weight is 531 g/mol. The van der Waals surface area contributed by atoms with E-state index in [2.05, 4.69) is 90.4 Å². The molecule has 6 nitrogen and oxygen atoms in total. The minimum Gasteiger partial charge on any atom is -0.357 e. The second-order valence-corrected chi connectivity index (χ2v) is 10.8. The summed E-state index contributed by atoms with van der Waals surface area (Å²) in [6.45, 7) is 9.01. The number of nitrogens with zero attached hydrogens (tertiary/aromatic N) is 5. The van der Waals surface area contributed by atoms with Crippen LogP contribution in [0.2, 0.25) is 0 Å². The van der Waals surface area contributed by atoms with Crippen molar-refractivity contribution in [2.24, 2.45) is 5.73 Å². The van der Waals surface area contributed by atoms with E-state index in [-0.39, 0.29) is 0 Å². The lowest BCUT2D eigenvalue weighted by Gasteiger charge is -2.18. The Balaban J connectivity index is 0.000000161. The quantitative estimate of drug-likeness (QED) is 0.311. The molecule has 2 aliphatic rings. The number of hydrogen-bond donors (Lipinski definition) is 1. The van der Waals surface area contributed by atoms with Crippen molar-refractivity contribution in [2.75, 3.05) is 36.0 Å². The Hall–Kier alpha value is -4.21. The SMILES string of the molecule is Cc1ccc(-c2cc(C#N)cc(N3CCCC3)n2)cc1.Cc1ccc(-c2cc(CN)cc(N3CCCC3)n2)cc1. The molecular formula is C34H38N6. The van der Waals surface area contributed by atoms with Crippen molar-refractivity contribution in [1.82, 2.24) is 9.97 Å². The van der Waals surface area contributed by atoms with Crippen LogP contribution in [0, 0.1) is 25.2 Å². The lowest BCUT2D eigenvalue weighted by molar-refractivity contribution is 0.930. The molecule has 0 radical (unpaired) electrons. The fraction of sp³-hybridized carbons (Fsp3) is 0.324. The Kier molecular flexibility index (Phi) is 8.73. The van der Waals surface area contributed by atoms with Gasteiger partial charge in [-0.25, -0.2) is 9.97 Å². The molecule has 2 N–H and O–H groups in total. The summed E-state index contributed by atoms with van der Waals surface area (Å²) in [5.74, 6) is 2.00. The second kappa shape index (κ2) is 12.8. The standard InChI is InChI=1S/C17H21N3.C17H17N3/c2*1-13-4-6-15(7-5-13)16-10-14(12-18)11-17(19-16)20-8-2-3-9-20/h4-7,10-11H,2-3,8-9,12,18H2,1H3;4-7,10-11H,2-3,8-9H2,1H3. The van der Waals surface area contributed by atoms with E-state index in [1.165, 1.54) is 36.8 Å². The first-order valence-electron chi connectivity index (χ1n) is 14.3. The predicted octanol–water partition coefficient (Wildman–Crippen LogP) is 6.64. The normalized spacial score (nSPS) is 14.6. The zero-order valence-corrected chi connectivity index (χ0v) is 23.6. The van der Waals surface area contributed by atoms with E-state index in [0.717, 1.165) is 65.9 Å². The molecule has 0 unspecified atom stereocenters. The molecule has 0 saturated carbocycles. The van der Waals surface area contributed by atoms with Gasteiger partial charge in [-0.2, -0.15) is 5.26 Å². The van der Waals surface area contributed by atoms with Gasteiger partial charge in [-0.05, 0) is 69.4 Å². The summed E-state index contributed by atoms with van der Waals surface area (Å²) >= 11 is 0. The van der Waals surface area contributed by atoms with Gasteiger partial charge in [-0.1, -0.05) is 59.7 Å². The minimum absolute atomic E-state index is 0.558. The van der Waals surface area contributed by atoms with Gasteiger partial charge in [-0.15, -0.1) is 0 Å². The Morgan fingerprint density at radius 2 is 1.12 bits per heavy atom. The summed E-state index contributed by atoms with van der Waals surface area (Å²) in [5, 5.41) is 9.22. The lowest BCUT2D eigenvalue weighted by atomic mass is 10.1. The van der Waals surface area contributed by atoms with E-state index < -0.39 is 0 Å². The molecule has 4 aromatic rings. The summed E-state index contributed by atoms with van der Waals surface area (Å²) < 4.78 is 0. The van der Waals surface area contributed by atoms with Gasteiger partial charge in [0.1, 0.15) is 11.6 Å². The average Bonchev–Trinajstić information content (AvgIpc) is 3.73. The monoisotopic (exact) mass is 530 g/mol. The number of aryl methyl sites for hydroxylation is 2. The third kappa shape index (κ3) is 6.67. The molecule has 4 heterocycles. The minimum atomic E-state index is 0.558. The van der Waals surface area contributed by atoms with E-state index in [1.807, 2.05) is 12.1 Å². The second-order valence-electron chi connectivity index (χ2n) is 10.8. The van der Waals surface area contributed by atoms with Crippen LogP contribution >= 0.6 is 0 Å². The number of anilines is 2. The highest BCUT2D eigenvalue weighted by atomic mass is 15.2. The first-order valence-corrected chi connectivity index (χ1v) is 14.3. The summed E-state index contributed by atoms with van der Waals surface area (Å²) in [7, 11) is 0. The fourth-order valence-electron chi connectivity index (χ4n) is 5.23. The first-order chi connectivity index (χ1) is 19.5. The molecule has 0 bridgehead atoms. The molecule has 2 aromatic heterocycles. The summed E-state index contributed by atoms with van der Waals surface area (Å²) in [4.78, 5) is 14.2. The van der Waals surface area contributed by atoms with E-state index in [4.69, 9.17) is 15.7 Å². The maximum absolute atomic E-state index is 9.22. The van der Waals surface area contributed by atoms with Gasteiger partial charge < -0.3 is 15.5 Å². The van der Waals surface area contributed by atoms with Crippen molar-refractivity contribution in [1.29, 1.82) is 5.26 Å². The van der Waals surface area contributed by atoms with Crippen molar-refractivity contribution in [3.05, 3.63) is 95.1 Å². The third-order valence-electron chi connectivity index (χ3n) is 7.60. The zero-order valence-electron chi connectivity index (χ0n) is 23.6. The van der Waals surface area contributed by atoms with Crippen LogP contribution in [0.1, 0.15) is 47.9 Å². The van der Waals surface area contributed by atoms with Crippen LogP contribution in [-0.2, 0) is 6.54 Å². The molecule has 0 aliphatic carbocycles. The maximum atomic E-state index is 9.22. The molecule has 0 amide bonds. The van der Waals surface area contributed by atoms with Crippen molar-refractivity contribution in [3.8, 4) is 28.6 Å². The zero-order chi connectivity index (χ0) is 27.9. The number of rotatable bonds is 5. The van der Waals surface area contributed by atoms with Crippen LogP contribution in [0.3, 0.4) is 0 Å². The molecule has 2 fully saturated rings. The molecule has 2 aromatic carbocycles. The molecule has 6 heteroatoms. The Morgan fingerprint density at radius 1 is 0.675 bits per heavy atom. The molecule has 2 saturated heterocycles. The lowest BCUT2D eigenvalue weighted by Crippen LogP contribution is -2.19. The van der Waals surface area contributed by atoms with Crippen LogP contribution in [0.5, 0.6) is 0 Å². The molecule has 6 rings (SSSR count). The molecular weight excluding hydrogens is 492 g/mol. The van der Waals surface area contributed by atoms with E-state index >= 15 is 0 Å². The highest BCUT2D eigenvalue weighted by molar-refractivity contribution is 5.65. The molecule has 0 atom stereocenters. The molecule has 204 valence electrons. The van der Waals surface area contributed by atoms with Crippen LogP contribution in [0.4, 0.5) is 11.6 Å². The predicted molar refractivity (Wildman–Crippen MR) is 164 cm³/mol. The van der Waals surface area contributed by atoms with Crippen LogP contribution < -0.4 is 15.5 Å². The molecule has 0 spiro atoms. The van der Waals surface area contributed by atoms with Gasteiger partial charge >= 0.3 is 0 Å². The smallest absolute Gasteiger partial charge is 0.130 e. The van der Waals surface area contributed by atoms with Gasteiger partial charge in [0.05, 0.1) is 23.0 Å². The number of pyridine rings is 2. The largest absolute Gasteiger partial charge is 0.357 e. The van der Waals surface area contributed by atoms with Crippen molar-refractivity contribution in [2.45, 2.75) is 46.1 Å². The Morgan fingerprint density at radius 3 is 1.57 bits per heavy atom. The van der Waals surface area contributed by atoms with E-state index in [0.29, 0.717) is 12.1 Å². The van der Waals surface area contributed by atoms with Gasteiger partial charge in [0.15, 0.2) is 0 Å². The molecule has 40 heavy (non-hydrogen) atoms. The summed E-state index contributed by atoms with van der Waals surface area (Å²) in [5.41, 5.74) is 14.3. The van der Waals surface area contributed by atoms with Crippen molar-refractivity contribution >= 4 is 11.6 Å². The van der Waals surface area contributed by atoms with Gasteiger partial charge in [0, 0.05) is 43.9 Å². The Bertz CT molecular complexity index is 1460. The number of hydrogen-bond acceptors (Lipinski definition) is 6. The highest BCUT2D eigenvalue weighted by Crippen LogP contribution is 2.27. The van der Waals surface area contributed by atoms with Crippen LogP contribution in [-0.4, -0.2) is 36.1 Å². The Labute approximate surface area is 238 Å². The first kappa shape index (κ1) is 27.4. The number of nitriles is 1. The van der Waals surface area contributed by atoms with Crippen LogP contribution in [0.25, 0.3) is 22.5 Å². The van der Waals surface area contributed by atoms with E-state index in [9.17, 15) is 5.26 Å². The van der Waals surface area contributed by atoms with Crippen LogP contribution in [0.15, 0.2) is 72.8 Å². The van der Waals surface area contributed by atoms with Crippen molar-refractivity contribution in [3.63, 3.8) is 0 Å². The highest BCUT2D eigenvalue weighted by Gasteiger charge is 2.16. The van der Waals surface area contributed by atoms with Crippen molar-refractivity contribution < 1.29 is 0 Å². The summed E-state index contributed by atoms with van der Waals surface area (Å²) in [6, 6.07) is 27.0. The number of aromatic nitrogens is 2. The number of benzene rings is 2. The van der Waals surface area contributed by atoms with E-state index in [1.54, 1.807) is 0 Å². The third-order valence-corrected chi connectivity index (χ3v) is 7.60. The summed E-state index contributed by atoms with van der Waals surface area (Å²) in [6.07, 6.45) is 4.93. The molecule has 2 aliphatic heterocycles.